The molecule has 6 nitrogen and oxygen atoms in total. The van der Waals surface area contributed by atoms with Crippen molar-refractivity contribution in [3.63, 3.8) is 0 Å². The monoisotopic (exact) mass is 320 g/mol. The van der Waals surface area contributed by atoms with Gasteiger partial charge in [-0.3, -0.25) is 0 Å². The van der Waals surface area contributed by atoms with E-state index in [4.69, 9.17) is 22.3 Å². The average molecular weight is 321 g/mol. The van der Waals surface area contributed by atoms with E-state index in [2.05, 4.69) is 15.3 Å². The number of halogens is 2. The van der Waals surface area contributed by atoms with Gasteiger partial charge in [-0.25, -0.2) is 13.1 Å². The third kappa shape index (κ3) is 3.05. The van der Waals surface area contributed by atoms with E-state index in [1.54, 1.807) is 0 Å². The van der Waals surface area contributed by atoms with E-state index in [9.17, 15) is 8.42 Å². The highest BCUT2D eigenvalue weighted by molar-refractivity contribution is 8.13. The largest absolute Gasteiger partial charge is 0.278 e. The van der Waals surface area contributed by atoms with Gasteiger partial charge in [-0.1, -0.05) is 25.4 Å². The van der Waals surface area contributed by atoms with Crippen LogP contribution < -0.4 is 0 Å². The summed E-state index contributed by atoms with van der Waals surface area (Å²) in [6, 6.07) is 4.42. The Hall–Kier alpha value is -1.18. The normalized spacial score (nSPS) is 12.1. The Labute approximate surface area is 119 Å². The van der Waals surface area contributed by atoms with Crippen molar-refractivity contribution in [2.75, 3.05) is 0 Å². The second-order valence-electron chi connectivity index (χ2n) is 4.13. The Morgan fingerprint density at radius 1 is 1.26 bits per heavy atom. The Bertz CT molecular complexity index is 695. The molecular formula is C10H10Cl2N4O2S. The lowest BCUT2D eigenvalue weighted by Gasteiger charge is -2.02. The first-order valence-corrected chi connectivity index (χ1v) is 8.02. The van der Waals surface area contributed by atoms with Gasteiger partial charge in [0.05, 0.1) is 5.69 Å². The number of hydrogen-bond acceptors (Lipinski definition) is 5. The minimum absolute atomic E-state index is 0.0543. The summed E-state index contributed by atoms with van der Waals surface area (Å²) in [5.74, 6) is 0.286. The summed E-state index contributed by atoms with van der Waals surface area (Å²) in [6.45, 7) is 3.79. The van der Waals surface area contributed by atoms with Gasteiger partial charge in [-0.15, -0.1) is 10.2 Å². The first kappa shape index (κ1) is 14.2. The van der Waals surface area contributed by atoms with E-state index in [0.29, 0.717) is 5.69 Å². The second-order valence-corrected chi connectivity index (χ2v) is 7.03. The van der Waals surface area contributed by atoms with Crippen LogP contribution in [0.25, 0.3) is 5.82 Å². The third-order valence-corrected chi connectivity index (χ3v) is 3.84. The fourth-order valence-corrected chi connectivity index (χ4v) is 2.46. The summed E-state index contributed by atoms with van der Waals surface area (Å²) in [5.41, 5.74) is 0.593. The van der Waals surface area contributed by atoms with Crippen LogP contribution in [-0.2, 0) is 9.05 Å². The predicted molar refractivity (Wildman–Crippen MR) is 71.3 cm³/mol. The summed E-state index contributed by atoms with van der Waals surface area (Å²) in [4.78, 5) is 0. The molecule has 0 spiro atoms. The molecule has 102 valence electrons. The molecule has 19 heavy (non-hydrogen) atoms. The van der Waals surface area contributed by atoms with Crippen LogP contribution in [0.1, 0.15) is 25.5 Å². The number of aromatic nitrogens is 4. The van der Waals surface area contributed by atoms with Crippen molar-refractivity contribution in [1.82, 2.24) is 20.0 Å². The maximum Gasteiger partial charge on any atom is 0.278 e. The molecule has 9 heteroatoms. The third-order valence-electron chi connectivity index (χ3n) is 2.37. The quantitative estimate of drug-likeness (QED) is 0.811. The van der Waals surface area contributed by atoms with Crippen LogP contribution >= 0.6 is 22.3 Å². The maximum absolute atomic E-state index is 11.6. The lowest BCUT2D eigenvalue weighted by molar-refractivity contribution is 0.597. The zero-order valence-corrected chi connectivity index (χ0v) is 12.4. The van der Waals surface area contributed by atoms with Gasteiger partial charge in [-0.2, -0.15) is 5.10 Å². The molecule has 2 aromatic heterocycles. The van der Waals surface area contributed by atoms with E-state index in [1.807, 2.05) is 13.8 Å². The molecule has 0 atom stereocenters. The minimum atomic E-state index is -3.93. The Balaban J connectivity index is 2.64. The Kier molecular flexibility index (Phi) is 3.80. The summed E-state index contributed by atoms with van der Waals surface area (Å²) in [6.07, 6.45) is 0. The van der Waals surface area contributed by atoms with Gasteiger partial charge in [0, 0.05) is 16.7 Å². The van der Waals surface area contributed by atoms with Crippen molar-refractivity contribution in [2.24, 2.45) is 0 Å². The van der Waals surface area contributed by atoms with Crippen LogP contribution in [0.3, 0.4) is 0 Å². The van der Waals surface area contributed by atoms with Gasteiger partial charge in [0.25, 0.3) is 9.05 Å². The number of nitrogens with zero attached hydrogens (tertiary/aromatic N) is 4. The van der Waals surface area contributed by atoms with Crippen molar-refractivity contribution in [1.29, 1.82) is 0 Å². The highest BCUT2D eigenvalue weighted by Crippen LogP contribution is 2.23. The van der Waals surface area contributed by atoms with E-state index in [-0.39, 0.29) is 21.9 Å². The van der Waals surface area contributed by atoms with Gasteiger partial charge in [-0.05, 0) is 18.1 Å². The molecule has 0 aliphatic heterocycles. The molecule has 0 N–H and O–H groups in total. The molecule has 2 rings (SSSR count). The lowest BCUT2D eigenvalue weighted by Crippen LogP contribution is -2.07. The van der Waals surface area contributed by atoms with E-state index in [1.165, 1.54) is 18.2 Å². The van der Waals surface area contributed by atoms with Crippen LogP contribution in [0, 0.1) is 0 Å². The highest BCUT2D eigenvalue weighted by atomic mass is 35.7. The minimum Gasteiger partial charge on any atom is -0.205 e. The average Bonchev–Trinajstić information content (AvgIpc) is 2.74. The van der Waals surface area contributed by atoms with Crippen LogP contribution in [-0.4, -0.2) is 28.4 Å². The Morgan fingerprint density at radius 2 is 1.95 bits per heavy atom. The molecule has 0 aliphatic carbocycles. The number of rotatable bonds is 3. The Morgan fingerprint density at radius 3 is 2.42 bits per heavy atom. The van der Waals surface area contributed by atoms with Crippen molar-refractivity contribution in [3.05, 3.63) is 29.0 Å². The van der Waals surface area contributed by atoms with Crippen molar-refractivity contribution in [2.45, 2.75) is 24.8 Å². The molecule has 0 amide bonds. The van der Waals surface area contributed by atoms with Gasteiger partial charge in [0.15, 0.2) is 16.0 Å². The van der Waals surface area contributed by atoms with Crippen molar-refractivity contribution in [3.8, 4) is 5.82 Å². The molecule has 0 bridgehead atoms. The first-order valence-electron chi connectivity index (χ1n) is 5.33. The summed E-state index contributed by atoms with van der Waals surface area (Å²) < 4.78 is 24.3. The predicted octanol–water partition coefficient (Wildman–Crippen LogP) is 2.37. The summed E-state index contributed by atoms with van der Waals surface area (Å²) in [5, 5.41) is 11.7. The molecule has 2 aromatic rings. The fourth-order valence-electron chi connectivity index (χ4n) is 1.42. The highest BCUT2D eigenvalue weighted by Gasteiger charge is 2.22. The fraction of sp³-hybridized carbons (Fsp3) is 0.300. The SMILES string of the molecule is CC(C)c1cc(S(=O)(=O)Cl)n(-c2ccc(Cl)nn2)n1. The molecule has 0 saturated carbocycles. The van der Waals surface area contributed by atoms with E-state index < -0.39 is 9.05 Å². The summed E-state index contributed by atoms with van der Waals surface area (Å²) in [7, 11) is 1.47. The molecule has 2 heterocycles. The molecule has 0 aromatic carbocycles. The molecule has 0 saturated heterocycles. The van der Waals surface area contributed by atoms with E-state index in [0.717, 1.165) is 4.68 Å². The topological polar surface area (TPSA) is 77.7 Å². The number of hydrogen-bond donors (Lipinski definition) is 0. The van der Waals surface area contributed by atoms with Gasteiger partial charge < -0.3 is 0 Å². The van der Waals surface area contributed by atoms with Crippen molar-refractivity contribution < 1.29 is 8.42 Å². The van der Waals surface area contributed by atoms with Gasteiger partial charge in [0.2, 0.25) is 0 Å². The smallest absolute Gasteiger partial charge is 0.205 e. The van der Waals surface area contributed by atoms with E-state index >= 15 is 0 Å². The van der Waals surface area contributed by atoms with Crippen LogP contribution in [0.2, 0.25) is 5.15 Å². The van der Waals surface area contributed by atoms with Crippen molar-refractivity contribution >= 4 is 31.3 Å². The van der Waals surface area contributed by atoms with Crippen LogP contribution in [0.5, 0.6) is 0 Å². The maximum atomic E-state index is 11.6. The standard InChI is InChI=1S/C10H10Cl2N4O2S/c1-6(2)7-5-10(19(12,17)18)16(15-7)9-4-3-8(11)13-14-9/h3-6H,1-2H3. The lowest BCUT2D eigenvalue weighted by atomic mass is 10.1. The molecular weight excluding hydrogens is 311 g/mol. The zero-order valence-electron chi connectivity index (χ0n) is 10.1. The van der Waals surface area contributed by atoms with Crippen LogP contribution in [0.4, 0.5) is 0 Å². The second kappa shape index (κ2) is 5.07. The van der Waals surface area contributed by atoms with Gasteiger partial charge >= 0.3 is 0 Å². The molecule has 0 unspecified atom stereocenters. The summed E-state index contributed by atoms with van der Waals surface area (Å²) >= 11 is 5.64. The first-order chi connectivity index (χ1) is 8.79. The molecule has 0 aliphatic rings. The zero-order chi connectivity index (χ0) is 14.2. The van der Waals surface area contributed by atoms with Gasteiger partial charge in [0.1, 0.15) is 0 Å². The van der Waals surface area contributed by atoms with Crippen LogP contribution in [0.15, 0.2) is 23.2 Å². The molecule has 0 fully saturated rings. The molecule has 0 radical (unpaired) electrons.